The van der Waals surface area contributed by atoms with Crippen LogP contribution in [0.1, 0.15) is 31.7 Å². The second kappa shape index (κ2) is 6.60. The summed E-state index contributed by atoms with van der Waals surface area (Å²) < 4.78 is 40.8. The molecule has 1 fully saturated rings. The Morgan fingerprint density at radius 3 is 2.62 bits per heavy atom. The Morgan fingerprint density at radius 2 is 2.10 bits per heavy atom. The first kappa shape index (κ1) is 16.7. The van der Waals surface area contributed by atoms with Gasteiger partial charge in [-0.05, 0) is 44.0 Å². The largest absolute Gasteiger partial charge is 0.316 e. The minimum absolute atomic E-state index is 0.0185. The molecule has 1 aromatic carbocycles. The highest BCUT2D eigenvalue weighted by molar-refractivity contribution is 7.89. The number of hydrogen-bond donors (Lipinski definition) is 1. The predicted molar refractivity (Wildman–Crippen MR) is 81.4 cm³/mol. The maximum absolute atomic E-state index is 13.9. The van der Waals surface area contributed by atoms with E-state index in [-0.39, 0.29) is 16.0 Å². The average Bonchev–Trinajstić information content (AvgIpc) is 3.25. The van der Waals surface area contributed by atoms with Gasteiger partial charge in [-0.1, -0.05) is 18.5 Å². The zero-order chi connectivity index (χ0) is 15.6. The van der Waals surface area contributed by atoms with Gasteiger partial charge in [0.25, 0.3) is 0 Å². The summed E-state index contributed by atoms with van der Waals surface area (Å²) in [6.07, 6.45) is 2.48. The zero-order valence-electron chi connectivity index (χ0n) is 12.2. The fraction of sp³-hybridized carbons (Fsp3) is 0.571. The van der Waals surface area contributed by atoms with Crippen LogP contribution in [0, 0.1) is 5.82 Å². The molecule has 0 atom stereocenters. The third-order valence-electron chi connectivity index (χ3n) is 3.45. The van der Waals surface area contributed by atoms with Crippen LogP contribution in [0.3, 0.4) is 0 Å². The lowest BCUT2D eigenvalue weighted by Crippen LogP contribution is -2.34. The molecule has 0 saturated heterocycles. The molecule has 0 aromatic heterocycles. The van der Waals surface area contributed by atoms with Crippen molar-refractivity contribution in [3.63, 3.8) is 0 Å². The Balaban J connectivity index is 2.43. The molecule has 0 radical (unpaired) electrons. The van der Waals surface area contributed by atoms with Gasteiger partial charge in [-0.3, -0.25) is 0 Å². The minimum Gasteiger partial charge on any atom is -0.316 e. The Labute approximate surface area is 130 Å². The van der Waals surface area contributed by atoms with Crippen LogP contribution in [0.2, 0.25) is 5.02 Å². The first-order chi connectivity index (χ1) is 9.91. The lowest BCUT2D eigenvalue weighted by atomic mass is 10.2. The molecule has 1 aliphatic carbocycles. The summed E-state index contributed by atoms with van der Waals surface area (Å²) in [6.45, 7) is 2.70. The predicted octanol–water partition coefficient (Wildman–Crippen LogP) is 2.76. The van der Waals surface area contributed by atoms with Crippen molar-refractivity contribution in [3.05, 3.63) is 28.5 Å². The van der Waals surface area contributed by atoms with Crippen molar-refractivity contribution in [1.82, 2.24) is 9.62 Å². The van der Waals surface area contributed by atoms with Crippen LogP contribution in [0.4, 0.5) is 4.39 Å². The summed E-state index contributed by atoms with van der Waals surface area (Å²) in [5.41, 5.74) is 0.449. The normalized spacial score (nSPS) is 15.7. The number of nitrogens with zero attached hydrogens (tertiary/aromatic N) is 1. The molecule has 2 rings (SSSR count). The number of benzene rings is 1. The summed E-state index contributed by atoms with van der Waals surface area (Å²) in [4.78, 5) is -0.0185. The average molecular weight is 335 g/mol. The summed E-state index contributed by atoms with van der Waals surface area (Å²) >= 11 is 5.89. The summed E-state index contributed by atoms with van der Waals surface area (Å²) in [7, 11) is -1.98. The van der Waals surface area contributed by atoms with Crippen LogP contribution in [0.25, 0.3) is 0 Å². The third kappa shape index (κ3) is 3.56. The van der Waals surface area contributed by atoms with Crippen LogP contribution in [-0.4, -0.2) is 32.4 Å². The van der Waals surface area contributed by atoms with E-state index < -0.39 is 15.8 Å². The highest BCUT2D eigenvalue weighted by Crippen LogP contribution is 2.33. The number of hydrogen-bond acceptors (Lipinski definition) is 3. The highest BCUT2D eigenvalue weighted by atomic mass is 35.5. The van der Waals surface area contributed by atoms with Crippen LogP contribution in [0.15, 0.2) is 17.0 Å². The van der Waals surface area contributed by atoms with Crippen molar-refractivity contribution >= 4 is 21.6 Å². The van der Waals surface area contributed by atoms with E-state index in [9.17, 15) is 12.8 Å². The van der Waals surface area contributed by atoms with E-state index in [2.05, 4.69) is 5.32 Å². The van der Waals surface area contributed by atoms with Crippen LogP contribution in [0.5, 0.6) is 0 Å². The zero-order valence-corrected chi connectivity index (χ0v) is 13.8. The Kier molecular flexibility index (Phi) is 5.24. The van der Waals surface area contributed by atoms with E-state index >= 15 is 0 Å². The first-order valence-electron chi connectivity index (χ1n) is 7.06. The van der Waals surface area contributed by atoms with Crippen molar-refractivity contribution in [2.45, 2.75) is 43.7 Å². The quantitative estimate of drug-likeness (QED) is 0.834. The van der Waals surface area contributed by atoms with E-state index in [1.807, 2.05) is 6.92 Å². The van der Waals surface area contributed by atoms with Crippen molar-refractivity contribution in [3.8, 4) is 0 Å². The number of sulfonamides is 1. The van der Waals surface area contributed by atoms with Gasteiger partial charge < -0.3 is 5.32 Å². The van der Waals surface area contributed by atoms with Gasteiger partial charge in [0.15, 0.2) is 0 Å². The van der Waals surface area contributed by atoms with Gasteiger partial charge in [-0.15, -0.1) is 0 Å². The summed E-state index contributed by atoms with van der Waals surface area (Å²) in [6, 6.07) is 2.53. The second-order valence-corrected chi connectivity index (χ2v) is 7.52. The van der Waals surface area contributed by atoms with E-state index in [1.165, 1.54) is 10.4 Å². The second-order valence-electron chi connectivity index (χ2n) is 5.26. The van der Waals surface area contributed by atoms with Gasteiger partial charge in [-0.2, -0.15) is 4.31 Å². The smallest absolute Gasteiger partial charge is 0.243 e. The van der Waals surface area contributed by atoms with Crippen LogP contribution < -0.4 is 5.32 Å². The molecule has 0 amide bonds. The van der Waals surface area contributed by atoms with Crippen LogP contribution in [-0.2, 0) is 16.6 Å². The molecule has 1 N–H and O–H groups in total. The fourth-order valence-corrected chi connectivity index (χ4v) is 4.32. The topological polar surface area (TPSA) is 49.4 Å². The van der Waals surface area contributed by atoms with E-state index in [0.29, 0.717) is 18.7 Å². The lowest BCUT2D eigenvalue weighted by Gasteiger charge is -2.22. The maximum atomic E-state index is 13.9. The van der Waals surface area contributed by atoms with E-state index in [1.54, 1.807) is 7.05 Å². The molecule has 21 heavy (non-hydrogen) atoms. The van der Waals surface area contributed by atoms with Gasteiger partial charge >= 0.3 is 0 Å². The number of rotatable bonds is 7. The molecule has 0 bridgehead atoms. The molecule has 7 heteroatoms. The summed E-state index contributed by atoms with van der Waals surface area (Å²) in [5.74, 6) is -0.699. The molecule has 0 heterocycles. The SMILES string of the molecule is CCCN(C1CC1)S(=O)(=O)c1cc(F)c(Cl)c(CNC)c1. The van der Waals surface area contributed by atoms with Gasteiger partial charge in [-0.25, -0.2) is 12.8 Å². The van der Waals surface area contributed by atoms with Gasteiger partial charge in [0.2, 0.25) is 10.0 Å². The van der Waals surface area contributed by atoms with Crippen LogP contribution >= 0.6 is 11.6 Å². The molecule has 1 aromatic rings. The highest BCUT2D eigenvalue weighted by Gasteiger charge is 2.37. The molecule has 0 spiro atoms. The monoisotopic (exact) mass is 334 g/mol. The number of halogens is 2. The van der Waals surface area contributed by atoms with Crippen molar-refractivity contribution in [2.75, 3.05) is 13.6 Å². The Hall–Kier alpha value is -0.690. The Morgan fingerprint density at radius 1 is 1.43 bits per heavy atom. The maximum Gasteiger partial charge on any atom is 0.243 e. The number of nitrogens with one attached hydrogen (secondary N) is 1. The molecule has 0 unspecified atom stereocenters. The molecule has 118 valence electrons. The first-order valence-corrected chi connectivity index (χ1v) is 8.88. The molecular formula is C14H20ClFN2O2S. The van der Waals surface area contributed by atoms with E-state index in [0.717, 1.165) is 25.3 Å². The van der Waals surface area contributed by atoms with E-state index in [4.69, 9.17) is 11.6 Å². The third-order valence-corrected chi connectivity index (χ3v) is 5.80. The Bertz CT molecular complexity index is 618. The molecule has 1 saturated carbocycles. The fourth-order valence-electron chi connectivity index (χ4n) is 2.30. The molecule has 0 aliphatic heterocycles. The van der Waals surface area contributed by atoms with Gasteiger partial charge in [0.1, 0.15) is 5.82 Å². The van der Waals surface area contributed by atoms with Crippen molar-refractivity contribution in [1.29, 1.82) is 0 Å². The van der Waals surface area contributed by atoms with Gasteiger partial charge in [0.05, 0.1) is 9.92 Å². The van der Waals surface area contributed by atoms with Gasteiger partial charge in [0, 0.05) is 19.1 Å². The minimum atomic E-state index is -3.67. The van der Waals surface area contributed by atoms with Crippen molar-refractivity contribution < 1.29 is 12.8 Å². The summed E-state index contributed by atoms with van der Waals surface area (Å²) in [5, 5.41) is 2.83. The molecule has 1 aliphatic rings. The standard InChI is InChI=1S/C14H20ClFN2O2S/c1-3-6-18(11-4-5-11)21(19,20)12-7-10(9-17-2)14(15)13(16)8-12/h7-8,11,17H,3-6,9H2,1-2H3. The molecular weight excluding hydrogens is 315 g/mol. The van der Waals surface area contributed by atoms with Crippen molar-refractivity contribution in [2.24, 2.45) is 0 Å². The lowest BCUT2D eigenvalue weighted by molar-refractivity contribution is 0.403. The molecule has 4 nitrogen and oxygen atoms in total.